The van der Waals surface area contributed by atoms with E-state index in [1.807, 2.05) is 37.3 Å². The molecular formula is C13H13N5S. The summed E-state index contributed by atoms with van der Waals surface area (Å²) in [5.41, 5.74) is 5.21. The second-order valence-corrected chi connectivity index (χ2v) is 4.12. The summed E-state index contributed by atoms with van der Waals surface area (Å²) < 4.78 is 0. The van der Waals surface area contributed by atoms with Gasteiger partial charge < -0.3 is 5.32 Å². The molecule has 2 N–H and O–H groups in total. The van der Waals surface area contributed by atoms with E-state index in [0.29, 0.717) is 5.11 Å². The van der Waals surface area contributed by atoms with E-state index < -0.39 is 0 Å². The van der Waals surface area contributed by atoms with Gasteiger partial charge in [0.1, 0.15) is 0 Å². The summed E-state index contributed by atoms with van der Waals surface area (Å²) in [6.07, 6.45) is 5.10. The van der Waals surface area contributed by atoms with Gasteiger partial charge in [-0.2, -0.15) is 5.10 Å². The zero-order chi connectivity index (χ0) is 13.5. The first-order chi connectivity index (χ1) is 9.25. The lowest BCUT2D eigenvalue weighted by Gasteiger charge is -2.07. The molecule has 0 bridgehead atoms. The van der Waals surface area contributed by atoms with Crippen molar-refractivity contribution in [1.29, 1.82) is 0 Å². The summed E-state index contributed by atoms with van der Waals surface area (Å²) in [7, 11) is 0. The van der Waals surface area contributed by atoms with Crippen LogP contribution in [0.15, 0.2) is 54.0 Å². The molecule has 0 saturated heterocycles. The van der Waals surface area contributed by atoms with Crippen LogP contribution in [0.3, 0.4) is 0 Å². The Kier molecular flexibility index (Phi) is 4.52. The summed E-state index contributed by atoms with van der Waals surface area (Å²) >= 11 is 5.13. The fourth-order valence-corrected chi connectivity index (χ4v) is 1.53. The smallest absolute Gasteiger partial charge is 0.191 e. The van der Waals surface area contributed by atoms with Gasteiger partial charge in [-0.3, -0.25) is 15.4 Å². The Morgan fingerprint density at radius 3 is 2.63 bits per heavy atom. The fraction of sp³-hybridized carbons (Fsp3) is 0.0769. The number of hydrogen-bond acceptors (Lipinski definition) is 4. The molecule has 2 rings (SSSR count). The predicted molar refractivity (Wildman–Crippen MR) is 80.0 cm³/mol. The molecule has 0 atom stereocenters. The fourth-order valence-electron chi connectivity index (χ4n) is 1.36. The molecule has 2 aromatic rings. The van der Waals surface area contributed by atoms with E-state index in [1.54, 1.807) is 18.6 Å². The Bertz CT molecular complexity index is 568. The molecule has 0 amide bonds. The van der Waals surface area contributed by atoms with Crippen LogP contribution >= 0.6 is 12.2 Å². The van der Waals surface area contributed by atoms with Crippen LogP contribution in [-0.4, -0.2) is 20.8 Å². The topological polar surface area (TPSA) is 62.2 Å². The van der Waals surface area contributed by atoms with E-state index in [4.69, 9.17) is 12.2 Å². The molecule has 2 aromatic heterocycles. The standard InChI is InChI=1S/C13H13N5S/c1-10(12-4-2-3-7-15-12)17-18-13(19)16-11-5-8-14-9-6-11/h2-9H,1H3,(H2,14,16,18,19)/b17-10+. The Hall–Kier alpha value is -2.34. The van der Waals surface area contributed by atoms with E-state index in [2.05, 4.69) is 25.8 Å². The molecule has 5 nitrogen and oxygen atoms in total. The van der Waals surface area contributed by atoms with Crippen LogP contribution in [0.25, 0.3) is 0 Å². The van der Waals surface area contributed by atoms with Gasteiger partial charge in [-0.1, -0.05) is 6.07 Å². The van der Waals surface area contributed by atoms with Gasteiger partial charge in [0, 0.05) is 24.3 Å². The zero-order valence-electron chi connectivity index (χ0n) is 10.4. The van der Waals surface area contributed by atoms with Crippen molar-refractivity contribution in [3.8, 4) is 0 Å². The van der Waals surface area contributed by atoms with Gasteiger partial charge in [0.05, 0.1) is 11.4 Å². The summed E-state index contributed by atoms with van der Waals surface area (Å²) in [4.78, 5) is 8.12. The first-order valence-electron chi connectivity index (χ1n) is 5.68. The molecule has 0 spiro atoms. The first kappa shape index (κ1) is 13.1. The number of pyridine rings is 2. The number of hydrazone groups is 1. The van der Waals surface area contributed by atoms with E-state index in [-0.39, 0.29) is 0 Å². The molecule has 0 unspecified atom stereocenters. The second kappa shape index (κ2) is 6.55. The molecule has 0 fully saturated rings. The third kappa shape index (κ3) is 4.11. The average Bonchev–Trinajstić information content (AvgIpc) is 2.47. The zero-order valence-corrected chi connectivity index (χ0v) is 11.2. The van der Waals surface area contributed by atoms with Crippen molar-refractivity contribution in [2.75, 3.05) is 5.32 Å². The lowest BCUT2D eigenvalue weighted by atomic mass is 10.3. The second-order valence-electron chi connectivity index (χ2n) is 3.71. The van der Waals surface area contributed by atoms with Gasteiger partial charge in [-0.25, -0.2) is 0 Å². The minimum Gasteiger partial charge on any atom is -0.331 e. The summed E-state index contributed by atoms with van der Waals surface area (Å²) in [6, 6.07) is 9.31. The van der Waals surface area contributed by atoms with Crippen molar-refractivity contribution in [1.82, 2.24) is 15.4 Å². The molecule has 0 saturated carbocycles. The summed E-state index contributed by atoms with van der Waals surface area (Å²) in [6.45, 7) is 1.87. The molecule has 6 heteroatoms. The lowest BCUT2D eigenvalue weighted by Crippen LogP contribution is -2.25. The van der Waals surface area contributed by atoms with Gasteiger partial charge >= 0.3 is 0 Å². The molecule has 19 heavy (non-hydrogen) atoms. The van der Waals surface area contributed by atoms with Gasteiger partial charge in [-0.05, 0) is 43.4 Å². The van der Waals surface area contributed by atoms with Crippen LogP contribution in [-0.2, 0) is 0 Å². The number of anilines is 1. The SMILES string of the molecule is C/C(=N\NC(=S)Nc1ccncc1)c1ccccn1. The number of hydrogen-bond donors (Lipinski definition) is 2. The molecule has 0 aromatic carbocycles. The number of nitrogens with zero attached hydrogens (tertiary/aromatic N) is 3. The molecule has 0 aliphatic rings. The molecule has 0 radical (unpaired) electrons. The first-order valence-corrected chi connectivity index (χ1v) is 6.09. The maximum absolute atomic E-state index is 5.13. The number of thiocarbonyl (C=S) groups is 1. The van der Waals surface area contributed by atoms with E-state index in [0.717, 1.165) is 17.1 Å². The maximum Gasteiger partial charge on any atom is 0.191 e. The van der Waals surface area contributed by atoms with Crippen molar-refractivity contribution in [2.24, 2.45) is 5.10 Å². The molecule has 0 aliphatic carbocycles. The van der Waals surface area contributed by atoms with Gasteiger partial charge in [0.2, 0.25) is 0 Å². The highest BCUT2D eigenvalue weighted by molar-refractivity contribution is 7.80. The quantitative estimate of drug-likeness (QED) is 0.509. The highest BCUT2D eigenvalue weighted by atomic mass is 32.1. The molecule has 0 aliphatic heterocycles. The maximum atomic E-state index is 5.13. The van der Waals surface area contributed by atoms with Gasteiger partial charge in [-0.15, -0.1) is 0 Å². The Morgan fingerprint density at radius 1 is 1.16 bits per heavy atom. The third-order valence-electron chi connectivity index (χ3n) is 2.30. The minimum atomic E-state index is 0.418. The van der Waals surface area contributed by atoms with Crippen LogP contribution in [0.4, 0.5) is 5.69 Å². The molecule has 96 valence electrons. The molecular weight excluding hydrogens is 258 g/mol. The van der Waals surface area contributed by atoms with Crippen LogP contribution in [0, 0.1) is 0 Å². The van der Waals surface area contributed by atoms with Crippen molar-refractivity contribution < 1.29 is 0 Å². The van der Waals surface area contributed by atoms with E-state index in [9.17, 15) is 0 Å². The number of aromatic nitrogens is 2. The largest absolute Gasteiger partial charge is 0.331 e. The van der Waals surface area contributed by atoms with Crippen LogP contribution in [0.1, 0.15) is 12.6 Å². The van der Waals surface area contributed by atoms with Crippen molar-refractivity contribution in [3.63, 3.8) is 0 Å². The van der Waals surface area contributed by atoms with Crippen LogP contribution < -0.4 is 10.7 Å². The van der Waals surface area contributed by atoms with E-state index in [1.165, 1.54) is 0 Å². The number of nitrogens with one attached hydrogen (secondary N) is 2. The average molecular weight is 271 g/mol. The minimum absolute atomic E-state index is 0.418. The Morgan fingerprint density at radius 2 is 1.95 bits per heavy atom. The normalized spacial score (nSPS) is 10.9. The molecule has 2 heterocycles. The highest BCUT2D eigenvalue weighted by Gasteiger charge is 1.99. The monoisotopic (exact) mass is 271 g/mol. The Labute approximate surface area is 116 Å². The number of rotatable bonds is 3. The third-order valence-corrected chi connectivity index (χ3v) is 2.49. The van der Waals surface area contributed by atoms with E-state index >= 15 is 0 Å². The lowest BCUT2D eigenvalue weighted by molar-refractivity contribution is 1.03. The summed E-state index contributed by atoms with van der Waals surface area (Å²) in [5.74, 6) is 0. The predicted octanol–water partition coefficient (Wildman–Crippen LogP) is 2.19. The highest BCUT2D eigenvalue weighted by Crippen LogP contribution is 2.02. The van der Waals surface area contributed by atoms with Crippen LogP contribution in [0.2, 0.25) is 0 Å². The van der Waals surface area contributed by atoms with Crippen molar-refractivity contribution in [2.45, 2.75) is 6.92 Å². The summed E-state index contributed by atoms with van der Waals surface area (Å²) in [5, 5.41) is 7.59. The van der Waals surface area contributed by atoms with Crippen molar-refractivity contribution >= 4 is 28.7 Å². The van der Waals surface area contributed by atoms with Crippen molar-refractivity contribution in [3.05, 3.63) is 54.6 Å². The van der Waals surface area contributed by atoms with Crippen LogP contribution in [0.5, 0.6) is 0 Å². The Balaban J connectivity index is 1.93. The van der Waals surface area contributed by atoms with Gasteiger partial charge in [0.15, 0.2) is 5.11 Å². The van der Waals surface area contributed by atoms with Gasteiger partial charge in [0.25, 0.3) is 0 Å².